The first-order valence-electron chi connectivity index (χ1n) is 8.11. The third kappa shape index (κ3) is 3.91. The fourth-order valence-electron chi connectivity index (χ4n) is 2.79. The Bertz CT molecular complexity index is 768. The summed E-state index contributed by atoms with van der Waals surface area (Å²) in [6.45, 7) is 2.07. The van der Waals surface area contributed by atoms with E-state index >= 15 is 0 Å². The molecule has 0 aliphatic carbocycles. The van der Waals surface area contributed by atoms with Gasteiger partial charge in [-0.3, -0.25) is 0 Å². The van der Waals surface area contributed by atoms with E-state index in [9.17, 15) is 9.59 Å². The lowest BCUT2D eigenvalue weighted by molar-refractivity contribution is -0.139. The number of nitrogens with one attached hydrogen (secondary N) is 2. The lowest BCUT2D eigenvalue weighted by Gasteiger charge is -2.29. The Morgan fingerprint density at radius 2 is 2.08 bits per heavy atom. The molecule has 2 N–H and O–H groups in total. The Morgan fingerprint density at radius 3 is 2.81 bits per heavy atom. The van der Waals surface area contributed by atoms with Crippen LogP contribution in [0.3, 0.4) is 0 Å². The summed E-state index contributed by atoms with van der Waals surface area (Å²) in [5, 5.41) is 5.39. The summed E-state index contributed by atoms with van der Waals surface area (Å²) in [6.07, 6.45) is 1.44. The zero-order valence-electron chi connectivity index (χ0n) is 14.1. The fourth-order valence-corrected chi connectivity index (χ4v) is 3.53. The van der Waals surface area contributed by atoms with E-state index in [1.807, 2.05) is 0 Å². The number of hydrogen-bond acceptors (Lipinski definition) is 5. The predicted octanol–water partition coefficient (Wildman–Crippen LogP) is 3.37. The minimum Gasteiger partial charge on any atom is -0.462 e. The number of carbonyl (C=O) groups excluding carboxylic acids is 2. The lowest BCUT2D eigenvalue weighted by Crippen LogP contribution is -2.45. The molecule has 1 aromatic rings. The molecule has 0 saturated carbocycles. The molecule has 2 aliphatic heterocycles. The van der Waals surface area contributed by atoms with Gasteiger partial charge in [0.25, 0.3) is 0 Å². The van der Waals surface area contributed by atoms with E-state index in [-0.39, 0.29) is 13.4 Å². The summed E-state index contributed by atoms with van der Waals surface area (Å²) < 4.78 is 16.8. The van der Waals surface area contributed by atoms with Gasteiger partial charge in [0, 0.05) is 16.0 Å². The molecule has 3 rings (SSSR count). The molecule has 0 spiro atoms. The van der Waals surface area contributed by atoms with Gasteiger partial charge in [0.05, 0.1) is 18.2 Å². The molecule has 0 saturated heterocycles. The second kappa shape index (κ2) is 8.18. The summed E-state index contributed by atoms with van der Waals surface area (Å²) >= 11 is 9.12. The number of urea groups is 1. The van der Waals surface area contributed by atoms with Crippen molar-refractivity contribution in [1.29, 1.82) is 0 Å². The average molecular weight is 446 g/mol. The topological polar surface area (TPSA) is 85.9 Å². The molecule has 0 radical (unpaired) electrons. The first-order chi connectivity index (χ1) is 12.5. The number of allylic oxidation sites excluding steroid dienone is 1. The van der Waals surface area contributed by atoms with Crippen LogP contribution in [0.15, 0.2) is 27.9 Å². The molecule has 7 nitrogen and oxygen atoms in total. The Morgan fingerprint density at radius 1 is 1.35 bits per heavy atom. The largest absolute Gasteiger partial charge is 0.462 e. The number of halogens is 2. The third-order valence-corrected chi connectivity index (χ3v) is 5.01. The molecule has 0 aromatic heterocycles. The molecule has 2 amide bonds. The number of rotatable bonds is 6. The van der Waals surface area contributed by atoms with Crippen LogP contribution in [0.4, 0.5) is 4.79 Å². The van der Waals surface area contributed by atoms with Crippen molar-refractivity contribution in [3.63, 3.8) is 0 Å². The SMILES string of the molecule is CC1=C(C(=O)OCCCCCl)[C@@H](c2cc3c(cc2Br)OCO3)NC(=O)N1. The Hall–Kier alpha value is -1.93. The third-order valence-electron chi connectivity index (χ3n) is 4.05. The number of ether oxygens (including phenoxy) is 3. The normalized spacial score (nSPS) is 18.4. The van der Waals surface area contributed by atoms with E-state index < -0.39 is 18.0 Å². The van der Waals surface area contributed by atoms with E-state index in [1.165, 1.54) is 0 Å². The number of carbonyl (C=O) groups is 2. The second-order valence-electron chi connectivity index (χ2n) is 5.83. The number of fused-ring (bicyclic) bond motifs is 1. The van der Waals surface area contributed by atoms with Crippen molar-refractivity contribution in [2.45, 2.75) is 25.8 Å². The van der Waals surface area contributed by atoms with Crippen LogP contribution in [0.25, 0.3) is 0 Å². The van der Waals surface area contributed by atoms with Crippen molar-refractivity contribution in [3.8, 4) is 11.5 Å². The van der Waals surface area contributed by atoms with E-state index in [0.717, 1.165) is 6.42 Å². The first-order valence-corrected chi connectivity index (χ1v) is 9.44. The molecule has 140 valence electrons. The number of amides is 2. The quantitative estimate of drug-likeness (QED) is 0.398. The minimum atomic E-state index is -0.673. The highest BCUT2D eigenvalue weighted by Crippen LogP contribution is 2.41. The summed E-state index contributed by atoms with van der Waals surface area (Å²) in [4.78, 5) is 24.6. The van der Waals surface area contributed by atoms with E-state index in [4.69, 9.17) is 25.8 Å². The maximum absolute atomic E-state index is 12.6. The van der Waals surface area contributed by atoms with Gasteiger partial charge in [0.1, 0.15) is 0 Å². The molecule has 0 fully saturated rings. The Labute approximate surface area is 164 Å². The van der Waals surface area contributed by atoms with Crippen LogP contribution in [0.5, 0.6) is 11.5 Å². The molecule has 2 aliphatic rings. The number of benzene rings is 1. The lowest BCUT2D eigenvalue weighted by atomic mass is 9.95. The van der Waals surface area contributed by atoms with Gasteiger partial charge in [-0.2, -0.15) is 0 Å². The molecule has 9 heteroatoms. The number of unbranched alkanes of at least 4 members (excludes halogenated alkanes) is 1. The van der Waals surface area contributed by atoms with Crippen molar-refractivity contribution in [2.24, 2.45) is 0 Å². The number of alkyl halides is 1. The van der Waals surface area contributed by atoms with Crippen LogP contribution >= 0.6 is 27.5 Å². The van der Waals surface area contributed by atoms with Crippen LogP contribution in [-0.4, -0.2) is 31.3 Å². The van der Waals surface area contributed by atoms with E-state index in [0.29, 0.717) is 45.1 Å². The van der Waals surface area contributed by atoms with Crippen LogP contribution < -0.4 is 20.1 Å². The highest BCUT2D eigenvalue weighted by Gasteiger charge is 2.34. The second-order valence-corrected chi connectivity index (χ2v) is 7.06. The summed E-state index contributed by atoms with van der Waals surface area (Å²) in [6, 6.07) is 2.44. The molecule has 2 heterocycles. The molecule has 0 bridgehead atoms. The Balaban J connectivity index is 1.90. The van der Waals surface area contributed by atoms with Crippen molar-refractivity contribution < 1.29 is 23.8 Å². The number of esters is 1. The minimum absolute atomic E-state index is 0.133. The van der Waals surface area contributed by atoms with Gasteiger partial charge in [0.2, 0.25) is 6.79 Å². The monoisotopic (exact) mass is 444 g/mol. The molecular formula is C17H18BrClN2O5. The maximum Gasteiger partial charge on any atom is 0.338 e. The fraction of sp³-hybridized carbons (Fsp3) is 0.412. The van der Waals surface area contributed by atoms with Crippen LogP contribution in [0.2, 0.25) is 0 Å². The van der Waals surface area contributed by atoms with Gasteiger partial charge in [-0.05, 0) is 37.5 Å². The standard InChI is InChI=1S/C17H18BrClN2O5/c1-9-14(16(22)24-5-3-2-4-19)15(21-17(23)20-9)10-6-12-13(7-11(10)18)26-8-25-12/h6-7,15H,2-5,8H2,1H3,(H2,20,21,23)/t15-/m1/s1. The molecule has 1 atom stereocenters. The highest BCUT2D eigenvalue weighted by atomic mass is 79.9. The van der Waals surface area contributed by atoms with Crippen LogP contribution in [0, 0.1) is 0 Å². The van der Waals surface area contributed by atoms with Gasteiger partial charge in [-0.25, -0.2) is 9.59 Å². The van der Waals surface area contributed by atoms with Gasteiger partial charge >= 0.3 is 12.0 Å². The van der Waals surface area contributed by atoms with Crippen LogP contribution in [-0.2, 0) is 9.53 Å². The van der Waals surface area contributed by atoms with Gasteiger partial charge < -0.3 is 24.8 Å². The van der Waals surface area contributed by atoms with Crippen molar-refractivity contribution >= 4 is 39.5 Å². The molecule has 0 unspecified atom stereocenters. The summed E-state index contributed by atoms with van der Waals surface area (Å²) in [5.74, 6) is 1.19. The smallest absolute Gasteiger partial charge is 0.338 e. The molecule has 1 aromatic carbocycles. The summed E-state index contributed by atoms with van der Waals surface area (Å²) in [5.41, 5.74) is 1.47. The van der Waals surface area contributed by atoms with E-state index in [2.05, 4.69) is 26.6 Å². The first kappa shape index (κ1) is 18.8. The van der Waals surface area contributed by atoms with Crippen LogP contribution in [0.1, 0.15) is 31.4 Å². The Kier molecular flexibility index (Phi) is 5.93. The summed E-state index contributed by atoms with van der Waals surface area (Å²) in [7, 11) is 0. The molecular weight excluding hydrogens is 428 g/mol. The zero-order valence-corrected chi connectivity index (χ0v) is 16.4. The zero-order chi connectivity index (χ0) is 18.7. The predicted molar refractivity (Wildman–Crippen MR) is 98.3 cm³/mol. The molecule has 26 heavy (non-hydrogen) atoms. The average Bonchev–Trinajstić information content (AvgIpc) is 3.04. The maximum atomic E-state index is 12.6. The van der Waals surface area contributed by atoms with Gasteiger partial charge in [-0.1, -0.05) is 15.9 Å². The van der Waals surface area contributed by atoms with E-state index in [1.54, 1.807) is 19.1 Å². The van der Waals surface area contributed by atoms with Gasteiger partial charge in [-0.15, -0.1) is 11.6 Å². The van der Waals surface area contributed by atoms with Gasteiger partial charge in [0.15, 0.2) is 11.5 Å². The van der Waals surface area contributed by atoms with Crippen molar-refractivity contribution in [1.82, 2.24) is 10.6 Å². The van der Waals surface area contributed by atoms with Crippen molar-refractivity contribution in [3.05, 3.63) is 33.4 Å². The highest BCUT2D eigenvalue weighted by molar-refractivity contribution is 9.10. The van der Waals surface area contributed by atoms with Crippen molar-refractivity contribution in [2.75, 3.05) is 19.3 Å². The number of hydrogen-bond donors (Lipinski definition) is 2.